The summed E-state index contributed by atoms with van der Waals surface area (Å²) in [7, 11) is 0. The maximum atomic E-state index is 11.5. The third-order valence-electron chi connectivity index (χ3n) is 2.29. The number of carbonyl (C=O) groups excluding carboxylic acids is 1. The van der Waals surface area contributed by atoms with E-state index in [9.17, 15) is 4.79 Å². The summed E-state index contributed by atoms with van der Waals surface area (Å²) >= 11 is 1.58. The molecule has 0 aliphatic carbocycles. The maximum absolute atomic E-state index is 11.5. The molecule has 5 heteroatoms. The van der Waals surface area contributed by atoms with E-state index in [1.807, 2.05) is 11.4 Å². The summed E-state index contributed by atoms with van der Waals surface area (Å²) in [6, 6.07) is 1.90. The second kappa shape index (κ2) is 3.13. The molecule has 1 amide bonds. The van der Waals surface area contributed by atoms with E-state index in [0.717, 1.165) is 21.8 Å². The minimum Gasteiger partial charge on any atom is -0.324 e. The van der Waals surface area contributed by atoms with Crippen LogP contribution in [-0.2, 0) is 11.2 Å². The lowest BCUT2D eigenvalue weighted by molar-refractivity contribution is -0.115. The fourth-order valence-electron chi connectivity index (χ4n) is 1.65. The third-order valence-corrected chi connectivity index (χ3v) is 3.21. The van der Waals surface area contributed by atoms with Crippen LogP contribution in [0.2, 0.25) is 0 Å². The molecule has 0 unspecified atom stereocenters. The summed E-state index contributed by atoms with van der Waals surface area (Å²) in [6.45, 7) is 0. The van der Waals surface area contributed by atoms with Crippen LogP contribution in [0.5, 0.6) is 0 Å². The molecule has 1 aliphatic rings. The average Bonchev–Trinajstić information content (AvgIpc) is 2.62. The zero-order chi connectivity index (χ0) is 10.3. The second-order valence-electron chi connectivity index (χ2n) is 3.28. The Morgan fingerprint density at radius 1 is 1.47 bits per heavy atom. The van der Waals surface area contributed by atoms with Crippen molar-refractivity contribution in [3.05, 3.63) is 29.5 Å². The highest BCUT2D eigenvalue weighted by Crippen LogP contribution is 2.36. The molecule has 74 valence electrons. The lowest BCUT2D eigenvalue weighted by Crippen LogP contribution is -2.12. The van der Waals surface area contributed by atoms with E-state index in [2.05, 4.69) is 15.3 Å². The average molecular weight is 217 g/mol. The molecule has 0 bridgehead atoms. The topological polar surface area (TPSA) is 54.9 Å². The smallest absolute Gasteiger partial charge is 0.228 e. The van der Waals surface area contributed by atoms with E-state index in [-0.39, 0.29) is 5.91 Å². The number of carbonyl (C=O) groups is 1. The number of thiophene rings is 1. The van der Waals surface area contributed by atoms with Crippen molar-refractivity contribution in [3.8, 4) is 10.6 Å². The summed E-state index contributed by atoms with van der Waals surface area (Å²) in [5, 5.41) is 4.80. The lowest BCUT2D eigenvalue weighted by atomic mass is 10.1. The van der Waals surface area contributed by atoms with Crippen molar-refractivity contribution in [1.82, 2.24) is 9.97 Å². The van der Waals surface area contributed by atoms with Gasteiger partial charge in [-0.2, -0.15) is 0 Å². The van der Waals surface area contributed by atoms with E-state index in [1.165, 1.54) is 6.33 Å². The minimum atomic E-state index is -0.0109. The molecule has 0 radical (unpaired) electrons. The molecule has 2 aromatic rings. The Morgan fingerprint density at radius 2 is 2.40 bits per heavy atom. The Labute approximate surface area is 90.0 Å². The Balaban J connectivity index is 2.29. The fourth-order valence-corrected chi connectivity index (χ4v) is 2.53. The van der Waals surface area contributed by atoms with Crippen LogP contribution < -0.4 is 5.32 Å². The van der Waals surface area contributed by atoms with E-state index < -0.39 is 0 Å². The molecule has 0 atom stereocenters. The van der Waals surface area contributed by atoms with Gasteiger partial charge in [0.25, 0.3) is 0 Å². The zero-order valence-corrected chi connectivity index (χ0v) is 8.54. The number of rotatable bonds is 0. The largest absolute Gasteiger partial charge is 0.324 e. The first kappa shape index (κ1) is 8.55. The van der Waals surface area contributed by atoms with Crippen molar-refractivity contribution in [1.29, 1.82) is 0 Å². The Bertz CT molecular complexity index is 535. The normalized spacial score (nSPS) is 13.7. The van der Waals surface area contributed by atoms with E-state index in [1.54, 1.807) is 17.5 Å². The number of hydrogen-bond acceptors (Lipinski definition) is 4. The van der Waals surface area contributed by atoms with Gasteiger partial charge in [-0.15, -0.1) is 11.3 Å². The number of nitrogens with one attached hydrogen (secondary N) is 1. The molecule has 0 saturated carbocycles. The molecule has 15 heavy (non-hydrogen) atoms. The standard InChI is InChI=1S/C10H7N3OS/c14-8-3-6-4-11-5-12-9(6)10-7(13-8)1-2-15-10/h1-2,4-5H,3H2,(H,13,14). The maximum Gasteiger partial charge on any atom is 0.228 e. The van der Waals surface area contributed by atoms with Crippen molar-refractivity contribution in [2.45, 2.75) is 6.42 Å². The highest BCUT2D eigenvalue weighted by atomic mass is 32.1. The summed E-state index contributed by atoms with van der Waals surface area (Å²) < 4.78 is 0. The third kappa shape index (κ3) is 1.32. The Morgan fingerprint density at radius 3 is 3.33 bits per heavy atom. The van der Waals surface area contributed by atoms with Crippen molar-refractivity contribution < 1.29 is 4.79 Å². The Hall–Kier alpha value is -1.75. The molecular weight excluding hydrogens is 210 g/mol. The van der Waals surface area contributed by atoms with Crippen LogP contribution >= 0.6 is 11.3 Å². The van der Waals surface area contributed by atoms with Gasteiger partial charge < -0.3 is 5.32 Å². The monoisotopic (exact) mass is 217 g/mol. The fraction of sp³-hybridized carbons (Fsp3) is 0.100. The first-order valence-corrected chi connectivity index (χ1v) is 5.39. The number of aromatic nitrogens is 2. The van der Waals surface area contributed by atoms with Gasteiger partial charge in [-0.3, -0.25) is 4.79 Å². The molecule has 0 spiro atoms. The first-order valence-electron chi connectivity index (χ1n) is 4.51. The molecule has 4 nitrogen and oxygen atoms in total. The van der Waals surface area contributed by atoms with Crippen LogP contribution in [0.15, 0.2) is 24.0 Å². The van der Waals surface area contributed by atoms with E-state index in [4.69, 9.17) is 0 Å². The van der Waals surface area contributed by atoms with Crippen LogP contribution in [0.1, 0.15) is 5.56 Å². The van der Waals surface area contributed by atoms with Gasteiger partial charge in [-0.1, -0.05) is 0 Å². The zero-order valence-electron chi connectivity index (χ0n) is 7.73. The van der Waals surface area contributed by atoms with Gasteiger partial charge in [0, 0.05) is 11.8 Å². The summed E-state index contributed by atoms with van der Waals surface area (Å²) in [5.41, 5.74) is 2.60. The number of hydrogen-bond donors (Lipinski definition) is 1. The molecule has 2 aromatic heterocycles. The number of amides is 1. The van der Waals surface area contributed by atoms with Gasteiger partial charge >= 0.3 is 0 Å². The predicted molar refractivity (Wildman–Crippen MR) is 57.7 cm³/mol. The molecule has 0 saturated heterocycles. The van der Waals surface area contributed by atoms with Gasteiger partial charge in [0.05, 0.1) is 22.7 Å². The van der Waals surface area contributed by atoms with Crippen LogP contribution in [0.25, 0.3) is 10.6 Å². The van der Waals surface area contributed by atoms with Gasteiger partial charge in [0.1, 0.15) is 6.33 Å². The van der Waals surface area contributed by atoms with Gasteiger partial charge in [0.2, 0.25) is 5.91 Å². The number of nitrogens with zero attached hydrogens (tertiary/aromatic N) is 2. The summed E-state index contributed by atoms with van der Waals surface area (Å²) in [6.07, 6.45) is 3.56. The Kier molecular flexibility index (Phi) is 1.78. The van der Waals surface area contributed by atoms with Crippen molar-refractivity contribution in [2.75, 3.05) is 5.32 Å². The minimum absolute atomic E-state index is 0.0109. The van der Waals surface area contributed by atoms with Crippen molar-refractivity contribution in [2.24, 2.45) is 0 Å². The van der Waals surface area contributed by atoms with E-state index in [0.29, 0.717) is 6.42 Å². The highest BCUT2D eigenvalue weighted by molar-refractivity contribution is 7.14. The SMILES string of the molecule is O=C1Cc2cncnc2-c2sccc2N1. The molecule has 0 aromatic carbocycles. The van der Waals surface area contributed by atoms with Gasteiger partial charge in [0.15, 0.2) is 0 Å². The molecular formula is C10H7N3OS. The molecule has 1 N–H and O–H groups in total. The molecule has 3 rings (SSSR count). The van der Waals surface area contributed by atoms with Crippen LogP contribution in [0.4, 0.5) is 5.69 Å². The number of fused-ring (bicyclic) bond motifs is 3. The van der Waals surface area contributed by atoms with Crippen molar-refractivity contribution in [3.63, 3.8) is 0 Å². The summed E-state index contributed by atoms with van der Waals surface area (Å²) in [4.78, 5) is 20.7. The van der Waals surface area contributed by atoms with Crippen molar-refractivity contribution >= 4 is 22.9 Å². The molecule has 1 aliphatic heterocycles. The van der Waals surface area contributed by atoms with Gasteiger partial charge in [-0.05, 0) is 11.4 Å². The highest BCUT2D eigenvalue weighted by Gasteiger charge is 2.20. The second-order valence-corrected chi connectivity index (χ2v) is 4.20. The predicted octanol–water partition coefficient (Wildman–Crippen LogP) is 1.70. The summed E-state index contributed by atoms with van der Waals surface area (Å²) in [5.74, 6) is -0.0109. The first-order chi connectivity index (χ1) is 7.34. The van der Waals surface area contributed by atoms with E-state index >= 15 is 0 Å². The lowest BCUT2D eigenvalue weighted by Gasteiger charge is -2.00. The van der Waals surface area contributed by atoms with Crippen LogP contribution in [-0.4, -0.2) is 15.9 Å². The molecule has 0 fully saturated rings. The van der Waals surface area contributed by atoms with Crippen LogP contribution in [0, 0.1) is 0 Å². The van der Waals surface area contributed by atoms with Gasteiger partial charge in [-0.25, -0.2) is 9.97 Å². The van der Waals surface area contributed by atoms with Crippen LogP contribution in [0.3, 0.4) is 0 Å². The quantitative estimate of drug-likeness (QED) is 0.730. The number of anilines is 1. The molecule has 3 heterocycles.